The van der Waals surface area contributed by atoms with Gasteiger partial charge in [-0.15, -0.1) is 0 Å². The molecule has 1 fully saturated rings. The maximum atomic E-state index is 13.3. The third kappa shape index (κ3) is 3.49. The van der Waals surface area contributed by atoms with E-state index in [1.165, 1.54) is 4.90 Å². The second-order valence-corrected chi connectivity index (χ2v) is 8.52. The minimum absolute atomic E-state index is 0.0950. The summed E-state index contributed by atoms with van der Waals surface area (Å²) in [5, 5.41) is 0.641. The summed E-state index contributed by atoms with van der Waals surface area (Å²) in [6, 6.07) is 13.8. The number of amides is 1. The van der Waals surface area contributed by atoms with Crippen molar-refractivity contribution >= 4 is 40.6 Å². The van der Waals surface area contributed by atoms with Crippen molar-refractivity contribution in [2.75, 3.05) is 24.5 Å². The van der Waals surface area contributed by atoms with E-state index in [-0.39, 0.29) is 18.1 Å². The van der Waals surface area contributed by atoms with Crippen molar-refractivity contribution in [2.45, 2.75) is 35.8 Å². The first-order valence-corrected chi connectivity index (χ1v) is 10.1. The zero-order chi connectivity index (χ0) is 18.3. The average Bonchev–Trinajstić information content (AvgIpc) is 2.58. The number of rotatable bonds is 2. The Balaban J connectivity index is 1.67. The van der Waals surface area contributed by atoms with Gasteiger partial charge in [0.1, 0.15) is 25.3 Å². The molecule has 2 atom stereocenters. The Morgan fingerprint density at radius 1 is 1.15 bits per heavy atom. The predicted octanol–water partition coefficient (Wildman–Crippen LogP) is 3.16. The highest BCUT2D eigenvalue weighted by atomic mass is 35.5. The Hall–Kier alpha value is -1.53. The van der Waals surface area contributed by atoms with Crippen LogP contribution >= 0.6 is 23.4 Å². The van der Waals surface area contributed by atoms with Gasteiger partial charge in [0.2, 0.25) is 0 Å². The molecule has 1 amide bonds. The highest BCUT2D eigenvalue weighted by Crippen LogP contribution is 2.48. The van der Waals surface area contributed by atoms with Gasteiger partial charge in [-0.2, -0.15) is 0 Å². The highest BCUT2D eigenvalue weighted by Gasteiger charge is 2.33. The quantitative estimate of drug-likeness (QED) is 0.856. The molecule has 4 rings (SSSR count). The van der Waals surface area contributed by atoms with Crippen LogP contribution in [0.1, 0.15) is 13.8 Å². The molecular formula is C20H22ClN2O2S+. The lowest BCUT2D eigenvalue weighted by Crippen LogP contribution is -3.16. The van der Waals surface area contributed by atoms with Crippen LogP contribution in [0.25, 0.3) is 0 Å². The van der Waals surface area contributed by atoms with E-state index in [2.05, 4.69) is 19.9 Å². The third-order valence-electron chi connectivity index (χ3n) is 4.76. The number of para-hydroxylation sites is 1. The van der Waals surface area contributed by atoms with Gasteiger partial charge in [-0.1, -0.05) is 35.5 Å². The summed E-state index contributed by atoms with van der Waals surface area (Å²) in [7, 11) is 0. The van der Waals surface area contributed by atoms with Gasteiger partial charge in [-0.05, 0) is 44.2 Å². The van der Waals surface area contributed by atoms with Crippen LogP contribution < -0.4 is 9.80 Å². The lowest BCUT2D eigenvalue weighted by molar-refractivity contribution is -0.907. The second-order valence-electron chi connectivity index (χ2n) is 7.00. The van der Waals surface area contributed by atoms with Crippen molar-refractivity contribution in [3.8, 4) is 0 Å². The molecule has 2 aliphatic rings. The summed E-state index contributed by atoms with van der Waals surface area (Å²) in [5.74, 6) is 0.0950. The maximum absolute atomic E-state index is 13.3. The number of hydrogen-bond acceptors (Lipinski definition) is 3. The molecule has 2 aromatic rings. The van der Waals surface area contributed by atoms with Gasteiger partial charge in [-0.3, -0.25) is 9.69 Å². The number of halogens is 1. The lowest BCUT2D eigenvalue weighted by Gasteiger charge is -2.35. The van der Waals surface area contributed by atoms with Gasteiger partial charge in [0.05, 0.1) is 11.4 Å². The lowest BCUT2D eigenvalue weighted by atomic mass is 10.2. The first-order chi connectivity index (χ1) is 12.5. The molecule has 4 nitrogen and oxygen atoms in total. The number of carbonyl (C=O) groups excluding carboxylic acids is 1. The number of anilines is 2. The summed E-state index contributed by atoms with van der Waals surface area (Å²) in [6.07, 6.45) is 0.347. The molecule has 1 N–H and O–H groups in total. The van der Waals surface area contributed by atoms with Crippen molar-refractivity contribution < 1.29 is 14.4 Å². The average molecular weight is 390 g/mol. The number of benzene rings is 2. The minimum atomic E-state index is 0.0950. The third-order valence-corrected chi connectivity index (χ3v) is 6.12. The molecule has 0 aromatic heterocycles. The van der Waals surface area contributed by atoms with Gasteiger partial charge >= 0.3 is 0 Å². The highest BCUT2D eigenvalue weighted by molar-refractivity contribution is 7.99. The summed E-state index contributed by atoms with van der Waals surface area (Å²) in [5.41, 5.74) is 1.81. The van der Waals surface area contributed by atoms with Crippen molar-refractivity contribution in [2.24, 2.45) is 0 Å². The van der Waals surface area contributed by atoms with E-state index in [0.717, 1.165) is 34.3 Å². The van der Waals surface area contributed by atoms with E-state index in [1.807, 2.05) is 41.3 Å². The zero-order valence-electron chi connectivity index (χ0n) is 14.9. The normalized spacial score (nSPS) is 24.7. The molecule has 2 aliphatic heterocycles. The number of nitrogens with one attached hydrogen (secondary N) is 1. The molecule has 0 aliphatic carbocycles. The van der Waals surface area contributed by atoms with Gasteiger partial charge in [0.15, 0.2) is 6.54 Å². The van der Waals surface area contributed by atoms with E-state index in [4.69, 9.17) is 16.3 Å². The van der Waals surface area contributed by atoms with Crippen molar-refractivity contribution in [1.29, 1.82) is 0 Å². The van der Waals surface area contributed by atoms with Crippen LogP contribution in [0.5, 0.6) is 0 Å². The maximum Gasteiger partial charge on any atom is 0.286 e. The van der Waals surface area contributed by atoms with Gasteiger partial charge in [0.25, 0.3) is 5.91 Å². The van der Waals surface area contributed by atoms with Crippen LogP contribution in [0.15, 0.2) is 52.3 Å². The number of ether oxygens (including phenoxy) is 1. The number of fused-ring (bicyclic) bond motifs is 2. The molecule has 0 unspecified atom stereocenters. The number of nitrogens with zero attached hydrogens (tertiary/aromatic N) is 1. The summed E-state index contributed by atoms with van der Waals surface area (Å²) in [6.45, 7) is 6.29. The van der Waals surface area contributed by atoms with Gasteiger partial charge < -0.3 is 9.64 Å². The van der Waals surface area contributed by atoms with E-state index in [9.17, 15) is 4.79 Å². The smallest absolute Gasteiger partial charge is 0.286 e. The molecule has 6 heteroatoms. The molecule has 2 heterocycles. The Labute approximate surface area is 163 Å². The summed E-state index contributed by atoms with van der Waals surface area (Å²) < 4.78 is 5.81. The van der Waals surface area contributed by atoms with E-state index >= 15 is 0 Å². The molecule has 0 radical (unpaired) electrons. The molecule has 1 saturated heterocycles. The van der Waals surface area contributed by atoms with Crippen molar-refractivity contribution in [1.82, 2.24) is 0 Å². The predicted molar refractivity (Wildman–Crippen MR) is 105 cm³/mol. The Morgan fingerprint density at radius 2 is 1.85 bits per heavy atom. The molecule has 136 valence electrons. The standard InChI is InChI=1S/C20H21ClN2O2S/c1-13-10-22(11-14(2)25-13)12-20(24)23-16-5-3-4-6-18(16)26-19-8-7-15(21)9-17(19)23/h3-9,13-14H,10-12H2,1-2H3/p+1/t13-,14-/m0/s1. The van der Waals surface area contributed by atoms with Crippen LogP contribution in [-0.4, -0.2) is 37.7 Å². The number of carbonyl (C=O) groups is 1. The van der Waals surface area contributed by atoms with Crippen LogP contribution in [0, 0.1) is 0 Å². The monoisotopic (exact) mass is 389 g/mol. The fourth-order valence-electron chi connectivity index (χ4n) is 3.82. The molecule has 26 heavy (non-hydrogen) atoms. The van der Waals surface area contributed by atoms with E-state index in [1.54, 1.807) is 11.8 Å². The van der Waals surface area contributed by atoms with Crippen LogP contribution in [0.2, 0.25) is 5.02 Å². The first kappa shape index (κ1) is 17.9. The van der Waals surface area contributed by atoms with E-state index < -0.39 is 0 Å². The second kappa shape index (κ2) is 7.24. The molecular weight excluding hydrogens is 368 g/mol. The molecule has 0 spiro atoms. The fourth-order valence-corrected chi connectivity index (χ4v) is 5.03. The number of quaternary nitrogens is 1. The molecule has 2 aromatic carbocycles. The Morgan fingerprint density at radius 3 is 2.62 bits per heavy atom. The van der Waals surface area contributed by atoms with Crippen LogP contribution in [0.3, 0.4) is 0 Å². The van der Waals surface area contributed by atoms with Crippen molar-refractivity contribution in [3.05, 3.63) is 47.5 Å². The summed E-state index contributed by atoms with van der Waals surface area (Å²) >= 11 is 7.91. The summed E-state index contributed by atoms with van der Waals surface area (Å²) in [4.78, 5) is 18.6. The van der Waals surface area contributed by atoms with Crippen molar-refractivity contribution in [3.63, 3.8) is 0 Å². The number of morpholine rings is 1. The SMILES string of the molecule is C[C@H]1C[NH+](CC(=O)N2c3ccccc3Sc3ccc(Cl)cc32)C[C@H](C)O1. The fraction of sp³-hybridized carbons (Fsp3) is 0.350. The van der Waals surface area contributed by atoms with E-state index in [0.29, 0.717) is 11.6 Å². The number of hydrogen-bond donors (Lipinski definition) is 1. The van der Waals surface area contributed by atoms with Crippen LogP contribution in [0.4, 0.5) is 11.4 Å². The molecule has 0 saturated carbocycles. The van der Waals surface area contributed by atoms with Crippen LogP contribution in [-0.2, 0) is 9.53 Å². The molecule has 0 bridgehead atoms. The zero-order valence-corrected chi connectivity index (χ0v) is 16.4. The first-order valence-electron chi connectivity index (χ1n) is 8.89. The topological polar surface area (TPSA) is 34.0 Å². The Bertz CT molecular complexity index is 834. The largest absolute Gasteiger partial charge is 0.364 e. The minimum Gasteiger partial charge on any atom is -0.364 e. The van der Waals surface area contributed by atoms with Gasteiger partial charge in [0, 0.05) is 14.8 Å². The van der Waals surface area contributed by atoms with Gasteiger partial charge in [-0.25, -0.2) is 0 Å². The Kier molecular flexibility index (Phi) is 4.97.